The zero-order chi connectivity index (χ0) is 18.6. The van der Waals surface area contributed by atoms with E-state index in [9.17, 15) is 4.79 Å². The van der Waals surface area contributed by atoms with Gasteiger partial charge in [-0.3, -0.25) is 4.79 Å². The van der Waals surface area contributed by atoms with Crippen LogP contribution in [0.15, 0.2) is 59.6 Å². The van der Waals surface area contributed by atoms with E-state index in [1.54, 1.807) is 29.3 Å². The lowest BCUT2D eigenvalue weighted by Gasteiger charge is -2.32. The number of nitrogens with one attached hydrogen (secondary N) is 1. The summed E-state index contributed by atoms with van der Waals surface area (Å²) in [6.45, 7) is 1.48. The molecule has 1 atom stereocenters. The highest BCUT2D eigenvalue weighted by Crippen LogP contribution is 2.25. The topological polar surface area (TPSA) is 75.9 Å². The van der Waals surface area contributed by atoms with Crippen LogP contribution in [0.1, 0.15) is 12.8 Å². The fraction of sp³-hybridized carbons (Fsp3) is 0.263. The number of piperidine rings is 1. The molecule has 1 aromatic carbocycles. The van der Waals surface area contributed by atoms with E-state index in [-0.39, 0.29) is 11.8 Å². The van der Waals surface area contributed by atoms with Gasteiger partial charge in [-0.05, 0) is 47.0 Å². The van der Waals surface area contributed by atoms with Crippen LogP contribution in [-0.2, 0) is 4.79 Å². The molecule has 7 nitrogen and oxygen atoms in total. The van der Waals surface area contributed by atoms with Gasteiger partial charge in [0, 0.05) is 31.7 Å². The molecule has 1 aliphatic rings. The molecule has 2 aromatic heterocycles. The number of hydrogen-bond donors (Lipinski definition) is 1. The molecule has 0 spiro atoms. The number of hydrogen-bond acceptors (Lipinski definition) is 5. The molecule has 0 saturated carbocycles. The van der Waals surface area contributed by atoms with Gasteiger partial charge in [0.15, 0.2) is 0 Å². The van der Waals surface area contributed by atoms with Crippen LogP contribution in [0.5, 0.6) is 0 Å². The Morgan fingerprint density at radius 2 is 2.00 bits per heavy atom. The average Bonchev–Trinajstić information content (AvgIpc) is 3.15. The van der Waals surface area contributed by atoms with Crippen molar-refractivity contribution in [1.29, 1.82) is 0 Å². The van der Waals surface area contributed by atoms with Gasteiger partial charge in [0.1, 0.15) is 0 Å². The van der Waals surface area contributed by atoms with Crippen LogP contribution in [0, 0.1) is 5.92 Å². The van der Waals surface area contributed by atoms with Gasteiger partial charge in [-0.15, -0.1) is 0 Å². The van der Waals surface area contributed by atoms with Crippen LogP contribution in [0.3, 0.4) is 0 Å². The number of amides is 1. The normalized spacial score (nSPS) is 16.9. The molecule has 4 rings (SSSR count). The third-order valence-corrected chi connectivity index (χ3v) is 5.00. The Balaban J connectivity index is 1.50. The van der Waals surface area contributed by atoms with Crippen LogP contribution in [0.4, 0.5) is 11.6 Å². The van der Waals surface area contributed by atoms with Crippen LogP contribution in [0.2, 0.25) is 0 Å². The Hall–Kier alpha value is -2.74. The number of nitrogens with zero attached hydrogens (tertiary/aromatic N) is 5. The van der Waals surface area contributed by atoms with Crippen molar-refractivity contribution < 1.29 is 4.79 Å². The van der Waals surface area contributed by atoms with Crippen molar-refractivity contribution in [2.24, 2.45) is 5.92 Å². The summed E-state index contributed by atoms with van der Waals surface area (Å²) < 4.78 is 2.62. The van der Waals surface area contributed by atoms with Crippen molar-refractivity contribution >= 4 is 33.5 Å². The number of anilines is 2. The van der Waals surface area contributed by atoms with Gasteiger partial charge in [0.05, 0.1) is 28.0 Å². The van der Waals surface area contributed by atoms with Crippen molar-refractivity contribution in [3.05, 3.63) is 59.6 Å². The molecule has 1 saturated heterocycles. The Morgan fingerprint density at radius 1 is 1.19 bits per heavy atom. The fourth-order valence-corrected chi connectivity index (χ4v) is 3.56. The summed E-state index contributed by atoms with van der Waals surface area (Å²) in [5, 5.41) is 7.39. The van der Waals surface area contributed by atoms with Gasteiger partial charge >= 0.3 is 0 Å². The highest BCUT2D eigenvalue weighted by molar-refractivity contribution is 9.10. The maximum Gasteiger partial charge on any atom is 0.229 e. The van der Waals surface area contributed by atoms with Gasteiger partial charge in [0.2, 0.25) is 11.9 Å². The molecule has 1 N–H and O–H groups in total. The number of aromatic nitrogens is 4. The maximum absolute atomic E-state index is 12.9. The molecule has 1 amide bonds. The summed E-state index contributed by atoms with van der Waals surface area (Å²) in [5.41, 5.74) is 1.57. The van der Waals surface area contributed by atoms with Gasteiger partial charge in [0.25, 0.3) is 0 Å². The number of carbonyl (C=O) groups excluding carboxylic acids is 1. The second-order valence-electron chi connectivity index (χ2n) is 6.44. The molecule has 3 heterocycles. The standard InChI is InChI=1S/C19H19BrN6O/c20-15-11-23-26(13-15)17-7-2-1-6-16(17)24-18(27)14-5-3-10-25(12-14)19-21-8-4-9-22-19/h1-2,4,6-9,11,13-14H,3,5,10,12H2,(H,24,27). The zero-order valence-electron chi connectivity index (χ0n) is 14.6. The first-order valence-electron chi connectivity index (χ1n) is 8.83. The summed E-state index contributed by atoms with van der Waals surface area (Å²) in [5.74, 6) is 0.575. The van der Waals surface area contributed by atoms with E-state index in [0.717, 1.165) is 35.2 Å². The van der Waals surface area contributed by atoms with Gasteiger partial charge in [-0.2, -0.15) is 5.10 Å². The predicted octanol–water partition coefficient (Wildman–Crippen LogP) is 3.28. The first-order valence-corrected chi connectivity index (χ1v) is 9.62. The first kappa shape index (κ1) is 17.7. The number of benzene rings is 1. The van der Waals surface area contributed by atoms with Gasteiger partial charge < -0.3 is 10.2 Å². The number of halogens is 1. The number of carbonyl (C=O) groups is 1. The second-order valence-corrected chi connectivity index (χ2v) is 7.36. The zero-order valence-corrected chi connectivity index (χ0v) is 16.2. The molecule has 27 heavy (non-hydrogen) atoms. The van der Waals surface area contributed by atoms with Crippen LogP contribution < -0.4 is 10.2 Å². The van der Waals surface area contributed by atoms with Crippen molar-refractivity contribution in [2.45, 2.75) is 12.8 Å². The van der Waals surface area contributed by atoms with E-state index in [1.807, 2.05) is 30.5 Å². The fourth-order valence-electron chi connectivity index (χ4n) is 3.27. The lowest BCUT2D eigenvalue weighted by molar-refractivity contribution is -0.120. The Bertz CT molecular complexity index is 929. The smallest absolute Gasteiger partial charge is 0.229 e. The summed E-state index contributed by atoms with van der Waals surface area (Å²) >= 11 is 3.41. The Morgan fingerprint density at radius 3 is 2.78 bits per heavy atom. The lowest BCUT2D eigenvalue weighted by Crippen LogP contribution is -2.41. The van der Waals surface area contributed by atoms with Crippen LogP contribution in [0.25, 0.3) is 5.69 Å². The molecule has 1 unspecified atom stereocenters. The lowest BCUT2D eigenvalue weighted by atomic mass is 9.97. The maximum atomic E-state index is 12.9. The number of para-hydroxylation sites is 2. The minimum absolute atomic E-state index is 0.00861. The van der Waals surface area contributed by atoms with Crippen molar-refractivity contribution in [1.82, 2.24) is 19.7 Å². The molecule has 1 aliphatic heterocycles. The van der Waals surface area contributed by atoms with E-state index >= 15 is 0 Å². The van der Waals surface area contributed by atoms with E-state index < -0.39 is 0 Å². The molecule has 3 aromatic rings. The van der Waals surface area contributed by atoms with Crippen molar-refractivity contribution in [3.8, 4) is 5.69 Å². The summed E-state index contributed by atoms with van der Waals surface area (Å²) in [4.78, 5) is 23.6. The molecule has 1 fully saturated rings. The molecule has 138 valence electrons. The molecule has 0 radical (unpaired) electrons. The van der Waals surface area contributed by atoms with E-state index in [4.69, 9.17) is 0 Å². The molecular formula is C19H19BrN6O. The van der Waals surface area contributed by atoms with Gasteiger partial charge in [-0.1, -0.05) is 12.1 Å². The quantitative estimate of drug-likeness (QED) is 0.692. The monoisotopic (exact) mass is 426 g/mol. The number of rotatable bonds is 4. The van der Waals surface area contributed by atoms with Crippen molar-refractivity contribution in [3.63, 3.8) is 0 Å². The van der Waals surface area contributed by atoms with E-state index in [0.29, 0.717) is 12.5 Å². The van der Waals surface area contributed by atoms with Crippen LogP contribution >= 0.6 is 15.9 Å². The van der Waals surface area contributed by atoms with Gasteiger partial charge in [-0.25, -0.2) is 14.6 Å². The third-order valence-electron chi connectivity index (χ3n) is 4.59. The minimum Gasteiger partial charge on any atom is -0.340 e. The minimum atomic E-state index is -0.111. The van der Waals surface area contributed by atoms with E-state index in [2.05, 4.69) is 41.2 Å². The summed E-state index contributed by atoms with van der Waals surface area (Å²) in [6.07, 6.45) is 8.82. The van der Waals surface area contributed by atoms with Crippen LogP contribution in [-0.4, -0.2) is 38.7 Å². The predicted molar refractivity (Wildman–Crippen MR) is 107 cm³/mol. The summed E-state index contributed by atoms with van der Waals surface area (Å²) in [6, 6.07) is 9.45. The highest BCUT2D eigenvalue weighted by Gasteiger charge is 2.27. The molecule has 0 bridgehead atoms. The second kappa shape index (κ2) is 7.87. The summed E-state index contributed by atoms with van der Waals surface area (Å²) in [7, 11) is 0. The molecule has 0 aliphatic carbocycles. The molecule has 8 heteroatoms. The Labute approximate surface area is 165 Å². The van der Waals surface area contributed by atoms with E-state index in [1.165, 1.54) is 0 Å². The largest absolute Gasteiger partial charge is 0.340 e. The third kappa shape index (κ3) is 4.00. The average molecular weight is 427 g/mol. The Kier molecular flexibility index (Phi) is 5.15. The van der Waals surface area contributed by atoms with Crippen molar-refractivity contribution in [2.75, 3.05) is 23.3 Å². The highest BCUT2D eigenvalue weighted by atomic mass is 79.9. The SMILES string of the molecule is O=C(Nc1ccccc1-n1cc(Br)cn1)C1CCCN(c2ncccn2)C1. The molecular weight excluding hydrogens is 408 g/mol. The first-order chi connectivity index (χ1) is 13.2.